The lowest BCUT2D eigenvalue weighted by atomic mass is 9.62. The van der Waals surface area contributed by atoms with Crippen molar-refractivity contribution in [3.8, 4) is 23.3 Å². The molecule has 8 heteroatoms. The third kappa shape index (κ3) is 7.61. The fraction of sp³-hybridized carbons (Fsp3) is 0.535. The summed E-state index contributed by atoms with van der Waals surface area (Å²) in [7, 11) is 1.48. The molecule has 0 saturated heterocycles. The predicted octanol–water partition coefficient (Wildman–Crippen LogP) is 5.93. The van der Waals surface area contributed by atoms with Crippen LogP contribution in [0.5, 0.6) is 11.5 Å². The second-order valence-corrected chi connectivity index (χ2v) is 15.2. The summed E-state index contributed by atoms with van der Waals surface area (Å²) in [5.74, 6) is 5.84. The van der Waals surface area contributed by atoms with Crippen molar-refractivity contribution in [1.29, 1.82) is 0 Å². The van der Waals surface area contributed by atoms with E-state index in [4.69, 9.17) is 10.5 Å². The first-order valence-corrected chi connectivity index (χ1v) is 18.9. The van der Waals surface area contributed by atoms with E-state index in [1.165, 1.54) is 12.7 Å². The first-order valence-electron chi connectivity index (χ1n) is 18.9. The van der Waals surface area contributed by atoms with Gasteiger partial charge in [-0.1, -0.05) is 74.4 Å². The molecule has 272 valence electrons. The van der Waals surface area contributed by atoms with Crippen LogP contribution < -0.4 is 15.8 Å². The van der Waals surface area contributed by atoms with Crippen LogP contribution in [0, 0.1) is 46.8 Å². The highest BCUT2D eigenvalue weighted by atomic mass is 16.5. The molecule has 2 saturated carbocycles. The predicted molar refractivity (Wildman–Crippen MR) is 198 cm³/mol. The lowest BCUT2D eigenvalue weighted by Crippen LogP contribution is -2.39. The quantitative estimate of drug-likeness (QED) is 0.169. The van der Waals surface area contributed by atoms with Gasteiger partial charge in [-0.25, -0.2) is 0 Å². The van der Waals surface area contributed by atoms with Gasteiger partial charge < -0.3 is 31.1 Å². The molecule has 0 amide bonds. The second kappa shape index (κ2) is 16.1. The molecule has 0 radical (unpaired) electrons. The zero-order valence-electron chi connectivity index (χ0n) is 30.1. The van der Waals surface area contributed by atoms with Crippen molar-refractivity contribution in [2.45, 2.75) is 89.6 Å². The molecule has 1 heterocycles. The molecule has 2 fully saturated rings. The molecule has 6 N–H and O–H groups in total. The Morgan fingerprint density at radius 3 is 2.51 bits per heavy atom. The van der Waals surface area contributed by atoms with E-state index >= 15 is 0 Å². The maximum Gasteiger partial charge on any atom is 0.173 e. The number of Topliss-reactive ketones (excluding diaryl/α,β-unsaturated/α-hetero) is 2. The van der Waals surface area contributed by atoms with Crippen LogP contribution in [0.1, 0.15) is 93.7 Å². The van der Waals surface area contributed by atoms with E-state index < -0.39 is 35.4 Å². The minimum absolute atomic E-state index is 0.00537. The largest absolute Gasteiger partial charge is 0.504 e. The van der Waals surface area contributed by atoms with Gasteiger partial charge in [-0.3, -0.25) is 9.59 Å². The number of aryl methyl sites for hydroxylation is 1. The molecule has 6 rings (SSSR count). The number of aromatic hydroxyl groups is 1. The fourth-order valence-corrected chi connectivity index (χ4v) is 9.73. The van der Waals surface area contributed by atoms with Crippen molar-refractivity contribution in [1.82, 2.24) is 5.32 Å². The number of methoxy groups -OCH3 is 1. The third-order valence-electron chi connectivity index (χ3n) is 12.4. The Hall–Kier alpha value is -4.06. The van der Waals surface area contributed by atoms with Crippen molar-refractivity contribution >= 4 is 11.6 Å². The highest BCUT2D eigenvalue weighted by Gasteiger charge is 2.50. The first kappa shape index (κ1) is 36.7. The first-order chi connectivity index (χ1) is 24.7. The van der Waals surface area contributed by atoms with Crippen LogP contribution in [0.15, 0.2) is 66.0 Å². The van der Waals surface area contributed by atoms with Gasteiger partial charge >= 0.3 is 0 Å². The average Bonchev–Trinajstić information content (AvgIpc) is 3.57. The Kier molecular flexibility index (Phi) is 11.6. The van der Waals surface area contributed by atoms with Crippen LogP contribution in [-0.2, 0) is 16.0 Å². The van der Waals surface area contributed by atoms with Crippen LogP contribution in [-0.4, -0.2) is 53.3 Å². The van der Waals surface area contributed by atoms with Gasteiger partial charge in [-0.05, 0) is 109 Å². The highest BCUT2D eigenvalue weighted by molar-refractivity contribution is 6.06. The summed E-state index contributed by atoms with van der Waals surface area (Å²) < 4.78 is 5.44. The normalized spacial score (nSPS) is 28.5. The molecule has 0 spiro atoms. The van der Waals surface area contributed by atoms with E-state index in [0.29, 0.717) is 25.2 Å². The number of phenolic OH excluding ortho intramolecular Hbond substituents is 1. The molecule has 4 aliphatic rings. The van der Waals surface area contributed by atoms with Gasteiger partial charge in [-0.2, -0.15) is 0 Å². The number of benzene rings is 2. The van der Waals surface area contributed by atoms with Crippen LogP contribution in [0.2, 0.25) is 0 Å². The summed E-state index contributed by atoms with van der Waals surface area (Å²) in [5, 5.41) is 36.4. The number of ether oxygens (including phenoxy) is 1. The Morgan fingerprint density at radius 2 is 1.82 bits per heavy atom. The molecule has 3 aliphatic carbocycles. The summed E-state index contributed by atoms with van der Waals surface area (Å²) in [6, 6.07) is 13.3. The number of fused-ring (bicyclic) bond motifs is 2. The van der Waals surface area contributed by atoms with Crippen molar-refractivity contribution < 1.29 is 29.6 Å². The SMILES string of the molecule is CCCC(CO)C1CC2C(=O)C(O)C(=O)CCc3cc(OC)c(O)cc3C(c3ccccc3)C#CC2CC(C2(C3=CCNC(N)=C3)CCCC2)C1. The number of aliphatic hydroxyl groups excluding tert-OH is 2. The lowest BCUT2D eigenvalue weighted by Gasteiger charge is -2.42. The Bertz CT molecular complexity index is 1700. The molecule has 2 aromatic carbocycles. The Labute approximate surface area is 302 Å². The van der Waals surface area contributed by atoms with Crippen LogP contribution in [0.3, 0.4) is 0 Å². The number of aliphatic hydroxyl groups is 2. The standard InChI is InChI=1S/C43H54N2O6/c1-3-9-30(26-46)31-21-33(43(17-7-8-18-43)32-16-19-45-40(44)24-32)20-28-12-14-34(27-10-5-4-6-11-27)35-25-38(48)39(51-2)23-29(35)13-15-37(47)42(50)41(49)36(28)22-31/h4-6,10-11,16,23-25,28,30-31,33-34,36,42,45-46,48,50H,3,7-9,13,15,17-22,26,44H2,1-2H3. The van der Waals surface area contributed by atoms with Crippen LogP contribution in [0.4, 0.5) is 0 Å². The number of hydrogen-bond acceptors (Lipinski definition) is 8. The number of hydrogen-bond donors (Lipinski definition) is 5. The number of phenols is 1. The summed E-state index contributed by atoms with van der Waals surface area (Å²) in [6.07, 6.45) is 10.7. The van der Waals surface area contributed by atoms with Crippen molar-refractivity contribution in [2.24, 2.45) is 40.7 Å². The van der Waals surface area contributed by atoms with Crippen molar-refractivity contribution in [2.75, 3.05) is 20.3 Å². The van der Waals surface area contributed by atoms with Gasteiger partial charge in [0.25, 0.3) is 0 Å². The topological polar surface area (TPSA) is 142 Å². The van der Waals surface area contributed by atoms with E-state index in [2.05, 4.69) is 36.2 Å². The van der Waals surface area contributed by atoms with E-state index in [9.17, 15) is 24.9 Å². The van der Waals surface area contributed by atoms with Crippen LogP contribution in [0.25, 0.3) is 0 Å². The molecule has 7 atom stereocenters. The summed E-state index contributed by atoms with van der Waals surface area (Å²) in [4.78, 5) is 28.1. The van der Waals surface area contributed by atoms with E-state index in [1.807, 2.05) is 30.3 Å². The molecular formula is C43H54N2O6. The number of carbonyl (C=O) groups excluding carboxylic acids is 2. The monoisotopic (exact) mass is 694 g/mol. The number of rotatable bonds is 8. The van der Waals surface area contributed by atoms with Gasteiger partial charge in [0.2, 0.25) is 0 Å². The minimum atomic E-state index is -1.75. The van der Waals surface area contributed by atoms with E-state index in [0.717, 1.165) is 61.6 Å². The van der Waals surface area contributed by atoms with Gasteiger partial charge in [0.1, 0.15) is 0 Å². The maximum atomic E-state index is 14.5. The van der Waals surface area contributed by atoms with Crippen molar-refractivity contribution in [3.05, 3.63) is 82.7 Å². The summed E-state index contributed by atoms with van der Waals surface area (Å²) in [6.45, 7) is 2.81. The van der Waals surface area contributed by atoms with Crippen molar-refractivity contribution in [3.63, 3.8) is 0 Å². The molecule has 8 nitrogen and oxygen atoms in total. The molecule has 0 bridgehead atoms. The van der Waals surface area contributed by atoms with Gasteiger partial charge in [0, 0.05) is 31.4 Å². The Balaban J connectivity index is 1.54. The average molecular weight is 695 g/mol. The number of allylic oxidation sites excluding steroid dienone is 2. The summed E-state index contributed by atoms with van der Waals surface area (Å²) in [5.41, 5.74) is 9.95. The molecule has 51 heavy (non-hydrogen) atoms. The highest BCUT2D eigenvalue weighted by Crippen LogP contribution is 2.57. The van der Waals surface area contributed by atoms with E-state index in [-0.39, 0.29) is 54.1 Å². The molecule has 2 aromatic rings. The van der Waals surface area contributed by atoms with E-state index in [1.54, 1.807) is 12.1 Å². The van der Waals surface area contributed by atoms with Gasteiger partial charge in [0.15, 0.2) is 29.2 Å². The van der Waals surface area contributed by atoms with Crippen LogP contribution >= 0.6 is 0 Å². The molecular weight excluding hydrogens is 640 g/mol. The Morgan fingerprint density at radius 1 is 1.06 bits per heavy atom. The smallest absolute Gasteiger partial charge is 0.173 e. The minimum Gasteiger partial charge on any atom is -0.504 e. The third-order valence-corrected chi connectivity index (χ3v) is 12.4. The summed E-state index contributed by atoms with van der Waals surface area (Å²) >= 11 is 0. The number of carbonyl (C=O) groups is 2. The second-order valence-electron chi connectivity index (χ2n) is 15.2. The maximum absolute atomic E-state index is 14.5. The number of nitrogens with one attached hydrogen (secondary N) is 1. The molecule has 1 aliphatic heterocycles. The zero-order valence-corrected chi connectivity index (χ0v) is 30.1. The fourth-order valence-electron chi connectivity index (χ4n) is 9.73. The van der Waals surface area contributed by atoms with Gasteiger partial charge in [0.05, 0.1) is 18.8 Å². The lowest BCUT2D eigenvalue weighted by molar-refractivity contribution is -0.142. The van der Waals surface area contributed by atoms with Gasteiger partial charge in [-0.15, -0.1) is 0 Å². The number of nitrogens with two attached hydrogens (primary N) is 1. The zero-order chi connectivity index (χ0) is 36.1. The number of dihydropyridines is 1. The molecule has 7 unspecified atom stereocenters. The number of ketones is 2. The molecule has 0 aromatic heterocycles.